The van der Waals surface area contributed by atoms with Gasteiger partial charge in [-0.1, -0.05) is 31.9 Å². The molecule has 0 atom stereocenters. The van der Waals surface area contributed by atoms with Crippen molar-refractivity contribution < 1.29 is 38.1 Å². The second kappa shape index (κ2) is 20.2. The molecule has 300 valence electrons. The SMILES string of the molecule is COC(=O)c1cc(Br)cc(CC2CCC(NC(=O)OC(C)(C)C)CC2)c1C.COC(=O)c1cc(Br)cc(CC2CCC(NC(=O)OC(C)(C)C)CC2)c1C. The highest BCUT2D eigenvalue weighted by Crippen LogP contribution is 2.32. The number of halogens is 2. The lowest BCUT2D eigenvalue weighted by atomic mass is 9.81. The monoisotopic (exact) mass is 878 g/mol. The predicted octanol–water partition coefficient (Wildman–Crippen LogP) is 10.3. The third kappa shape index (κ3) is 14.8. The van der Waals surface area contributed by atoms with Crippen LogP contribution in [0.1, 0.15) is 136 Å². The average molecular weight is 881 g/mol. The zero-order valence-electron chi connectivity index (χ0n) is 33.7. The molecule has 54 heavy (non-hydrogen) atoms. The van der Waals surface area contributed by atoms with E-state index in [2.05, 4.69) is 54.6 Å². The molecule has 4 rings (SSSR count). The molecule has 10 nitrogen and oxygen atoms in total. The molecule has 2 aliphatic carbocycles. The van der Waals surface area contributed by atoms with Crippen LogP contribution in [0.2, 0.25) is 0 Å². The Labute approximate surface area is 338 Å². The van der Waals surface area contributed by atoms with Crippen molar-refractivity contribution in [3.05, 3.63) is 66.6 Å². The molecule has 2 saturated carbocycles. The van der Waals surface area contributed by atoms with E-state index >= 15 is 0 Å². The highest BCUT2D eigenvalue weighted by molar-refractivity contribution is 9.10. The number of nitrogens with one attached hydrogen (secondary N) is 2. The Kier molecular flexibility index (Phi) is 16.9. The number of methoxy groups -OCH3 is 2. The molecule has 0 aliphatic heterocycles. The Morgan fingerprint density at radius 2 is 0.907 bits per heavy atom. The third-order valence-electron chi connectivity index (χ3n) is 9.92. The molecule has 2 aromatic carbocycles. The van der Waals surface area contributed by atoms with Gasteiger partial charge in [0.1, 0.15) is 11.2 Å². The number of esters is 2. The number of ether oxygens (including phenoxy) is 4. The first kappa shape index (κ1) is 45.3. The summed E-state index contributed by atoms with van der Waals surface area (Å²) in [5, 5.41) is 5.96. The zero-order chi connectivity index (χ0) is 40.4. The number of hydrogen-bond donors (Lipinski definition) is 2. The van der Waals surface area contributed by atoms with Crippen molar-refractivity contribution in [2.75, 3.05) is 14.2 Å². The van der Waals surface area contributed by atoms with Gasteiger partial charge in [-0.3, -0.25) is 0 Å². The Morgan fingerprint density at radius 3 is 1.19 bits per heavy atom. The summed E-state index contributed by atoms with van der Waals surface area (Å²) in [6, 6.07) is 8.15. The van der Waals surface area contributed by atoms with E-state index in [1.54, 1.807) is 0 Å². The van der Waals surface area contributed by atoms with Crippen LogP contribution in [0, 0.1) is 25.7 Å². The molecule has 0 radical (unpaired) electrons. The molecule has 2 aromatic rings. The third-order valence-corrected chi connectivity index (χ3v) is 10.8. The Hall–Kier alpha value is -3.12. The van der Waals surface area contributed by atoms with Crippen molar-refractivity contribution in [3.63, 3.8) is 0 Å². The standard InChI is InChI=1S/2C21H30BrNO4/c2*1-13-15(11-16(22)12-18(13)19(24)26-5)10-14-6-8-17(9-7-14)23-20(25)27-21(2,3)4/h2*11-12,14,17H,6-10H2,1-5H3,(H,23,25). The van der Waals surface area contributed by atoms with E-state index in [-0.39, 0.29) is 36.2 Å². The lowest BCUT2D eigenvalue weighted by Gasteiger charge is -2.30. The molecule has 2 amide bonds. The largest absolute Gasteiger partial charge is 0.465 e. The number of alkyl carbamates (subject to hydrolysis) is 2. The van der Waals surface area contributed by atoms with Gasteiger partial charge in [0.05, 0.1) is 25.3 Å². The summed E-state index contributed by atoms with van der Waals surface area (Å²) in [6.45, 7) is 15.2. The fourth-order valence-electron chi connectivity index (χ4n) is 7.13. The highest BCUT2D eigenvalue weighted by Gasteiger charge is 2.28. The minimum absolute atomic E-state index is 0.172. The number of rotatable bonds is 8. The van der Waals surface area contributed by atoms with Crippen molar-refractivity contribution in [2.45, 2.75) is 143 Å². The second-order valence-electron chi connectivity index (χ2n) is 16.6. The van der Waals surface area contributed by atoms with Gasteiger partial charge in [-0.05, 0) is 178 Å². The van der Waals surface area contributed by atoms with E-state index in [1.165, 1.54) is 25.3 Å². The number of carbonyl (C=O) groups is 4. The van der Waals surface area contributed by atoms with Gasteiger partial charge in [-0.25, -0.2) is 19.2 Å². The van der Waals surface area contributed by atoms with E-state index in [9.17, 15) is 19.2 Å². The first-order valence-electron chi connectivity index (χ1n) is 18.9. The Morgan fingerprint density at radius 1 is 0.593 bits per heavy atom. The normalized spacial score (nSPS) is 20.1. The average Bonchev–Trinajstić information content (AvgIpc) is 3.07. The van der Waals surface area contributed by atoms with Gasteiger partial charge in [-0.15, -0.1) is 0 Å². The quantitative estimate of drug-likeness (QED) is 0.198. The van der Waals surface area contributed by atoms with Crippen LogP contribution in [0.25, 0.3) is 0 Å². The smallest absolute Gasteiger partial charge is 0.407 e. The molecule has 0 unspecified atom stereocenters. The minimum atomic E-state index is -0.475. The zero-order valence-corrected chi connectivity index (χ0v) is 36.9. The van der Waals surface area contributed by atoms with E-state index < -0.39 is 11.2 Å². The lowest BCUT2D eigenvalue weighted by molar-refractivity contribution is 0.0475. The van der Waals surface area contributed by atoms with Crippen LogP contribution in [0.3, 0.4) is 0 Å². The summed E-state index contributed by atoms with van der Waals surface area (Å²) in [4.78, 5) is 47.8. The fourth-order valence-corrected chi connectivity index (χ4v) is 8.14. The van der Waals surface area contributed by atoms with Gasteiger partial charge in [0, 0.05) is 21.0 Å². The Bertz CT molecular complexity index is 1500. The number of benzene rings is 2. The first-order valence-corrected chi connectivity index (χ1v) is 20.5. The fraction of sp³-hybridized carbons (Fsp3) is 0.619. The molecule has 2 aliphatic rings. The molecule has 12 heteroatoms. The van der Waals surface area contributed by atoms with Crippen molar-refractivity contribution in [1.29, 1.82) is 0 Å². The minimum Gasteiger partial charge on any atom is -0.465 e. The van der Waals surface area contributed by atoms with Gasteiger partial charge < -0.3 is 29.6 Å². The number of amides is 2. The highest BCUT2D eigenvalue weighted by atomic mass is 79.9. The maximum absolute atomic E-state index is 12.0. The molecule has 0 bridgehead atoms. The molecule has 2 N–H and O–H groups in total. The van der Waals surface area contributed by atoms with E-state index in [4.69, 9.17) is 18.9 Å². The second-order valence-corrected chi connectivity index (χ2v) is 18.4. The molecular formula is C42H60Br2N2O8. The molecule has 0 aromatic heterocycles. The van der Waals surface area contributed by atoms with Crippen LogP contribution in [0.15, 0.2) is 33.2 Å². The van der Waals surface area contributed by atoms with Crippen molar-refractivity contribution in [2.24, 2.45) is 11.8 Å². The van der Waals surface area contributed by atoms with E-state index in [0.717, 1.165) is 84.3 Å². The maximum atomic E-state index is 12.0. The molecular weight excluding hydrogens is 820 g/mol. The van der Waals surface area contributed by atoms with Gasteiger partial charge in [0.2, 0.25) is 0 Å². The van der Waals surface area contributed by atoms with Gasteiger partial charge in [0.15, 0.2) is 0 Å². The molecule has 0 spiro atoms. The molecule has 0 saturated heterocycles. The lowest BCUT2D eigenvalue weighted by Crippen LogP contribution is -2.41. The summed E-state index contributed by atoms with van der Waals surface area (Å²) >= 11 is 7.00. The number of carbonyl (C=O) groups excluding carboxylic acids is 4. The summed E-state index contributed by atoms with van der Waals surface area (Å²) in [6.07, 6.45) is 9.12. The van der Waals surface area contributed by atoms with Gasteiger partial charge >= 0.3 is 24.1 Å². The van der Waals surface area contributed by atoms with E-state index in [1.807, 2.05) is 67.5 Å². The van der Waals surface area contributed by atoms with Crippen molar-refractivity contribution in [1.82, 2.24) is 10.6 Å². The number of hydrogen-bond acceptors (Lipinski definition) is 8. The van der Waals surface area contributed by atoms with Crippen LogP contribution in [-0.4, -0.2) is 61.6 Å². The summed E-state index contributed by atoms with van der Waals surface area (Å²) in [5.41, 5.74) is 4.59. The van der Waals surface area contributed by atoms with E-state index in [0.29, 0.717) is 23.0 Å². The van der Waals surface area contributed by atoms with Gasteiger partial charge in [0.25, 0.3) is 0 Å². The Balaban J connectivity index is 0.000000290. The van der Waals surface area contributed by atoms with Crippen molar-refractivity contribution in [3.8, 4) is 0 Å². The summed E-state index contributed by atoms with van der Waals surface area (Å²) in [7, 11) is 2.81. The molecule has 0 heterocycles. The van der Waals surface area contributed by atoms with Crippen molar-refractivity contribution >= 4 is 56.0 Å². The van der Waals surface area contributed by atoms with Crippen LogP contribution in [0.4, 0.5) is 9.59 Å². The van der Waals surface area contributed by atoms with Gasteiger partial charge in [-0.2, -0.15) is 0 Å². The summed E-state index contributed by atoms with van der Waals surface area (Å²) < 4.78 is 22.2. The summed E-state index contributed by atoms with van der Waals surface area (Å²) in [5.74, 6) is 0.473. The first-order chi connectivity index (χ1) is 25.2. The molecule has 2 fully saturated rings. The maximum Gasteiger partial charge on any atom is 0.407 e. The van der Waals surface area contributed by atoms with Crippen LogP contribution < -0.4 is 10.6 Å². The van der Waals surface area contributed by atoms with Crippen LogP contribution in [-0.2, 0) is 31.8 Å². The van der Waals surface area contributed by atoms with Crippen LogP contribution >= 0.6 is 31.9 Å². The topological polar surface area (TPSA) is 129 Å². The predicted molar refractivity (Wildman–Crippen MR) is 218 cm³/mol. The van der Waals surface area contributed by atoms with Crippen LogP contribution in [0.5, 0.6) is 0 Å².